The normalized spacial score (nSPS) is 16.5. The van der Waals surface area contributed by atoms with Gasteiger partial charge in [-0.1, -0.05) is 12.1 Å². The van der Waals surface area contributed by atoms with E-state index in [4.69, 9.17) is 5.73 Å². The number of amides is 1. The first-order valence-electron chi connectivity index (χ1n) is 6.92. The number of aryl methyl sites for hydroxylation is 1. The number of hydrogen-bond acceptors (Lipinski definition) is 3. The molecule has 0 radical (unpaired) electrons. The van der Waals surface area contributed by atoms with Crippen molar-refractivity contribution < 1.29 is 4.79 Å². The van der Waals surface area contributed by atoms with Gasteiger partial charge >= 0.3 is 0 Å². The van der Waals surface area contributed by atoms with Gasteiger partial charge in [-0.15, -0.1) is 0 Å². The van der Waals surface area contributed by atoms with Gasteiger partial charge in [0.05, 0.1) is 0 Å². The van der Waals surface area contributed by atoms with Crippen LogP contribution in [0, 0.1) is 6.92 Å². The lowest BCUT2D eigenvalue weighted by atomic mass is 10.0. The lowest BCUT2D eigenvalue weighted by molar-refractivity contribution is -0.119. The van der Waals surface area contributed by atoms with Crippen LogP contribution in [0.25, 0.3) is 0 Å². The third-order valence-corrected chi connectivity index (χ3v) is 3.74. The second kappa shape index (κ2) is 6.06. The maximum atomic E-state index is 11.1. The van der Waals surface area contributed by atoms with E-state index in [-0.39, 0.29) is 5.91 Å². The van der Waals surface area contributed by atoms with Gasteiger partial charge in [0, 0.05) is 38.3 Å². The van der Waals surface area contributed by atoms with Crippen molar-refractivity contribution >= 4 is 11.6 Å². The third-order valence-electron chi connectivity index (χ3n) is 3.74. The summed E-state index contributed by atoms with van der Waals surface area (Å²) in [6.45, 7) is 6.30. The number of carbonyl (C=O) groups is 1. The minimum atomic E-state index is 0.0712. The zero-order valence-electron chi connectivity index (χ0n) is 11.8. The molecule has 0 aromatic heterocycles. The van der Waals surface area contributed by atoms with Crippen molar-refractivity contribution in [3.63, 3.8) is 0 Å². The molecule has 0 unspecified atom stereocenters. The Balaban J connectivity index is 1.99. The standard InChI is InChI=1S/C15H23N3O/c1-11-9-13(10-16)3-4-15(11)18-7-5-14(6-8-18)17-12(2)19/h3-4,9,14H,5-8,10,16H2,1-2H3,(H,17,19). The summed E-state index contributed by atoms with van der Waals surface area (Å²) in [7, 11) is 0. The summed E-state index contributed by atoms with van der Waals surface area (Å²) in [5.74, 6) is 0.0712. The van der Waals surface area contributed by atoms with Crippen LogP contribution in [-0.2, 0) is 11.3 Å². The fourth-order valence-electron chi connectivity index (χ4n) is 2.75. The topological polar surface area (TPSA) is 58.4 Å². The SMILES string of the molecule is CC(=O)NC1CCN(c2ccc(CN)cc2C)CC1. The van der Waals surface area contributed by atoms with Crippen LogP contribution in [0.4, 0.5) is 5.69 Å². The molecule has 4 nitrogen and oxygen atoms in total. The number of piperidine rings is 1. The van der Waals surface area contributed by atoms with Crippen molar-refractivity contribution in [1.82, 2.24) is 5.32 Å². The maximum Gasteiger partial charge on any atom is 0.217 e. The molecular formula is C15H23N3O. The molecule has 4 heteroatoms. The summed E-state index contributed by atoms with van der Waals surface area (Å²) in [6, 6.07) is 6.76. The number of nitrogens with zero attached hydrogens (tertiary/aromatic N) is 1. The van der Waals surface area contributed by atoms with Crippen LogP contribution in [0.15, 0.2) is 18.2 Å². The largest absolute Gasteiger partial charge is 0.371 e. The van der Waals surface area contributed by atoms with Gasteiger partial charge in [-0.05, 0) is 37.0 Å². The highest BCUT2D eigenvalue weighted by Crippen LogP contribution is 2.24. The minimum Gasteiger partial charge on any atom is -0.371 e. The van der Waals surface area contributed by atoms with E-state index in [1.165, 1.54) is 16.8 Å². The van der Waals surface area contributed by atoms with Gasteiger partial charge in [-0.2, -0.15) is 0 Å². The first-order valence-corrected chi connectivity index (χ1v) is 6.92. The Labute approximate surface area is 115 Å². The van der Waals surface area contributed by atoms with Gasteiger partial charge in [-0.25, -0.2) is 0 Å². The summed E-state index contributed by atoms with van der Waals surface area (Å²) in [6.07, 6.45) is 2.02. The molecule has 1 aliphatic heterocycles. The van der Waals surface area contributed by atoms with Crippen LogP contribution < -0.4 is 16.0 Å². The molecule has 1 saturated heterocycles. The molecule has 1 amide bonds. The molecular weight excluding hydrogens is 238 g/mol. The first-order chi connectivity index (χ1) is 9.10. The van der Waals surface area contributed by atoms with Crippen molar-refractivity contribution in [2.45, 2.75) is 39.3 Å². The number of hydrogen-bond donors (Lipinski definition) is 2. The lowest BCUT2D eigenvalue weighted by Gasteiger charge is -2.34. The van der Waals surface area contributed by atoms with E-state index < -0.39 is 0 Å². The second-order valence-electron chi connectivity index (χ2n) is 5.29. The van der Waals surface area contributed by atoms with Gasteiger partial charge in [0.2, 0.25) is 5.91 Å². The fourth-order valence-corrected chi connectivity index (χ4v) is 2.75. The highest BCUT2D eigenvalue weighted by atomic mass is 16.1. The van der Waals surface area contributed by atoms with Gasteiger partial charge in [0.1, 0.15) is 0 Å². The number of nitrogens with two attached hydrogens (primary N) is 1. The summed E-state index contributed by atoms with van der Waals surface area (Å²) in [5.41, 5.74) is 9.40. The van der Waals surface area contributed by atoms with Crippen LogP contribution in [0.3, 0.4) is 0 Å². The van der Waals surface area contributed by atoms with Crippen LogP contribution in [0.5, 0.6) is 0 Å². The van der Waals surface area contributed by atoms with Gasteiger partial charge in [0.25, 0.3) is 0 Å². The molecule has 0 atom stereocenters. The van der Waals surface area contributed by atoms with Gasteiger partial charge in [0.15, 0.2) is 0 Å². The quantitative estimate of drug-likeness (QED) is 0.868. The number of anilines is 1. The predicted octanol–water partition coefficient (Wildman–Crippen LogP) is 1.56. The maximum absolute atomic E-state index is 11.1. The lowest BCUT2D eigenvalue weighted by Crippen LogP contribution is -2.44. The van der Waals surface area contributed by atoms with E-state index in [0.717, 1.165) is 25.9 Å². The Morgan fingerprint density at radius 2 is 2.11 bits per heavy atom. The Hall–Kier alpha value is -1.55. The molecule has 3 N–H and O–H groups in total. The van der Waals surface area contributed by atoms with E-state index in [2.05, 4.69) is 35.3 Å². The van der Waals surface area contributed by atoms with Crippen LogP contribution in [0.1, 0.15) is 30.9 Å². The summed E-state index contributed by atoms with van der Waals surface area (Å²) in [5, 5.41) is 3.00. The Bertz CT molecular complexity index is 451. The van der Waals surface area contributed by atoms with Crippen molar-refractivity contribution in [3.8, 4) is 0 Å². The monoisotopic (exact) mass is 261 g/mol. The molecule has 1 aliphatic rings. The van der Waals surface area contributed by atoms with E-state index in [0.29, 0.717) is 12.6 Å². The fraction of sp³-hybridized carbons (Fsp3) is 0.533. The summed E-state index contributed by atoms with van der Waals surface area (Å²) < 4.78 is 0. The van der Waals surface area contributed by atoms with Crippen molar-refractivity contribution in [1.29, 1.82) is 0 Å². The van der Waals surface area contributed by atoms with Crippen LogP contribution in [0.2, 0.25) is 0 Å². The Morgan fingerprint density at radius 3 is 2.63 bits per heavy atom. The van der Waals surface area contributed by atoms with Gasteiger partial charge in [-0.3, -0.25) is 4.79 Å². The predicted molar refractivity (Wildman–Crippen MR) is 78.1 cm³/mol. The molecule has 2 rings (SSSR count). The van der Waals surface area contributed by atoms with Crippen LogP contribution >= 0.6 is 0 Å². The molecule has 19 heavy (non-hydrogen) atoms. The molecule has 0 aliphatic carbocycles. The number of benzene rings is 1. The highest BCUT2D eigenvalue weighted by Gasteiger charge is 2.20. The number of rotatable bonds is 3. The molecule has 1 aromatic rings. The van der Waals surface area contributed by atoms with Crippen LogP contribution in [-0.4, -0.2) is 25.0 Å². The van der Waals surface area contributed by atoms with E-state index >= 15 is 0 Å². The average Bonchev–Trinajstić information content (AvgIpc) is 2.39. The van der Waals surface area contributed by atoms with Gasteiger partial charge < -0.3 is 16.0 Å². The molecule has 0 spiro atoms. The van der Waals surface area contributed by atoms with Crippen molar-refractivity contribution in [2.24, 2.45) is 5.73 Å². The Morgan fingerprint density at radius 1 is 1.42 bits per heavy atom. The zero-order valence-corrected chi connectivity index (χ0v) is 11.8. The minimum absolute atomic E-state index is 0.0712. The summed E-state index contributed by atoms with van der Waals surface area (Å²) >= 11 is 0. The molecule has 0 bridgehead atoms. The van der Waals surface area contributed by atoms with Crippen molar-refractivity contribution in [3.05, 3.63) is 29.3 Å². The zero-order chi connectivity index (χ0) is 13.8. The van der Waals surface area contributed by atoms with E-state index in [1.807, 2.05) is 0 Å². The smallest absolute Gasteiger partial charge is 0.217 e. The molecule has 0 saturated carbocycles. The Kier molecular flexibility index (Phi) is 4.43. The van der Waals surface area contributed by atoms with E-state index in [1.54, 1.807) is 6.92 Å². The number of nitrogens with one attached hydrogen (secondary N) is 1. The van der Waals surface area contributed by atoms with Crippen molar-refractivity contribution in [2.75, 3.05) is 18.0 Å². The first kappa shape index (κ1) is 13.9. The third kappa shape index (κ3) is 3.47. The van der Waals surface area contributed by atoms with E-state index in [9.17, 15) is 4.79 Å². The molecule has 1 aromatic carbocycles. The number of carbonyl (C=O) groups excluding carboxylic acids is 1. The average molecular weight is 261 g/mol. The second-order valence-corrected chi connectivity index (χ2v) is 5.29. The molecule has 1 fully saturated rings. The summed E-state index contributed by atoms with van der Waals surface area (Å²) in [4.78, 5) is 13.4. The highest BCUT2D eigenvalue weighted by molar-refractivity contribution is 5.73. The molecule has 1 heterocycles. The molecule has 104 valence electrons.